The van der Waals surface area contributed by atoms with E-state index in [2.05, 4.69) is 5.32 Å². The third kappa shape index (κ3) is 3.14. The summed E-state index contributed by atoms with van der Waals surface area (Å²) < 4.78 is 18.6. The largest absolute Gasteiger partial charge is 0.378 e. The molecule has 1 heterocycles. The van der Waals surface area contributed by atoms with Crippen LogP contribution in [-0.2, 0) is 4.74 Å². The van der Waals surface area contributed by atoms with Gasteiger partial charge in [-0.1, -0.05) is 6.07 Å². The van der Waals surface area contributed by atoms with Gasteiger partial charge in [0.15, 0.2) is 5.11 Å². The lowest BCUT2D eigenvalue weighted by atomic mass is 10.2. The summed E-state index contributed by atoms with van der Waals surface area (Å²) in [7, 11) is 0. The fourth-order valence-electron chi connectivity index (χ4n) is 1.64. The van der Waals surface area contributed by atoms with E-state index in [1.54, 1.807) is 13.0 Å². The highest BCUT2D eigenvalue weighted by atomic mass is 32.1. The van der Waals surface area contributed by atoms with E-state index in [0.717, 1.165) is 13.1 Å². The molecule has 17 heavy (non-hydrogen) atoms. The zero-order chi connectivity index (χ0) is 12.3. The molecular formula is C12H15FN2OS. The number of anilines is 1. The monoisotopic (exact) mass is 254 g/mol. The van der Waals surface area contributed by atoms with Crippen molar-refractivity contribution >= 4 is 23.0 Å². The standard InChI is InChI=1S/C12H15FN2OS/c1-9-2-3-10(8-11(9)13)14-12(17)15-4-6-16-7-5-15/h2-3,8H,4-7H2,1H3,(H,14,17). The number of morpholine rings is 1. The van der Waals surface area contributed by atoms with Crippen molar-refractivity contribution in [2.45, 2.75) is 6.92 Å². The molecule has 1 fully saturated rings. The SMILES string of the molecule is Cc1ccc(NC(=S)N2CCOCC2)cc1F. The Kier molecular flexibility index (Phi) is 3.91. The highest BCUT2D eigenvalue weighted by Gasteiger charge is 2.13. The molecule has 1 aromatic carbocycles. The number of hydrogen-bond donors (Lipinski definition) is 1. The molecule has 92 valence electrons. The average molecular weight is 254 g/mol. The van der Waals surface area contributed by atoms with Gasteiger partial charge in [-0.3, -0.25) is 0 Å². The Hall–Kier alpha value is -1.20. The minimum Gasteiger partial charge on any atom is -0.378 e. The highest BCUT2D eigenvalue weighted by Crippen LogP contribution is 2.14. The molecule has 1 N–H and O–H groups in total. The molecule has 1 aliphatic rings. The van der Waals surface area contributed by atoms with Crippen LogP contribution in [0.15, 0.2) is 18.2 Å². The Balaban J connectivity index is 1.99. The van der Waals surface area contributed by atoms with Crippen LogP contribution < -0.4 is 5.32 Å². The Morgan fingerprint density at radius 3 is 2.76 bits per heavy atom. The number of nitrogens with zero attached hydrogens (tertiary/aromatic N) is 1. The molecule has 0 unspecified atom stereocenters. The van der Waals surface area contributed by atoms with Gasteiger partial charge in [-0.2, -0.15) is 0 Å². The van der Waals surface area contributed by atoms with Crippen molar-refractivity contribution in [3.8, 4) is 0 Å². The molecule has 0 bridgehead atoms. The number of ether oxygens (including phenoxy) is 1. The van der Waals surface area contributed by atoms with E-state index in [1.165, 1.54) is 6.07 Å². The molecular weight excluding hydrogens is 239 g/mol. The quantitative estimate of drug-likeness (QED) is 0.776. The van der Waals surface area contributed by atoms with Crippen molar-refractivity contribution in [3.63, 3.8) is 0 Å². The van der Waals surface area contributed by atoms with Crippen molar-refractivity contribution in [2.75, 3.05) is 31.6 Å². The van der Waals surface area contributed by atoms with Gasteiger partial charge >= 0.3 is 0 Å². The van der Waals surface area contributed by atoms with Crippen molar-refractivity contribution in [3.05, 3.63) is 29.6 Å². The maximum Gasteiger partial charge on any atom is 0.173 e. The third-order valence-corrected chi connectivity index (χ3v) is 3.08. The molecule has 0 radical (unpaired) electrons. The Bertz CT molecular complexity index is 419. The maximum absolute atomic E-state index is 13.4. The van der Waals surface area contributed by atoms with Gasteiger partial charge in [0, 0.05) is 18.8 Å². The Labute approximate surface area is 106 Å². The van der Waals surface area contributed by atoms with Gasteiger partial charge in [0.05, 0.1) is 13.2 Å². The van der Waals surface area contributed by atoms with E-state index in [0.29, 0.717) is 29.6 Å². The number of benzene rings is 1. The lowest BCUT2D eigenvalue weighted by Gasteiger charge is -2.29. The van der Waals surface area contributed by atoms with E-state index < -0.39 is 0 Å². The molecule has 0 atom stereocenters. The molecule has 0 aliphatic carbocycles. The lowest BCUT2D eigenvalue weighted by molar-refractivity contribution is 0.0690. The molecule has 5 heteroatoms. The van der Waals surface area contributed by atoms with Gasteiger partial charge in [-0.25, -0.2) is 4.39 Å². The van der Waals surface area contributed by atoms with E-state index >= 15 is 0 Å². The summed E-state index contributed by atoms with van der Waals surface area (Å²) in [6, 6.07) is 5.02. The van der Waals surface area contributed by atoms with E-state index in [-0.39, 0.29) is 5.82 Å². The zero-order valence-electron chi connectivity index (χ0n) is 9.70. The van der Waals surface area contributed by atoms with Gasteiger partial charge in [0.25, 0.3) is 0 Å². The zero-order valence-corrected chi connectivity index (χ0v) is 10.5. The molecule has 0 saturated carbocycles. The molecule has 0 amide bonds. The molecule has 1 aromatic rings. The lowest BCUT2D eigenvalue weighted by Crippen LogP contribution is -2.42. The van der Waals surface area contributed by atoms with Crippen molar-refractivity contribution in [1.82, 2.24) is 4.90 Å². The summed E-state index contributed by atoms with van der Waals surface area (Å²) in [5, 5.41) is 3.66. The fraction of sp³-hybridized carbons (Fsp3) is 0.417. The van der Waals surface area contributed by atoms with Crippen molar-refractivity contribution < 1.29 is 9.13 Å². The molecule has 0 spiro atoms. The van der Waals surface area contributed by atoms with Crippen molar-refractivity contribution in [1.29, 1.82) is 0 Å². The maximum atomic E-state index is 13.4. The van der Waals surface area contributed by atoms with Gasteiger partial charge in [-0.15, -0.1) is 0 Å². The predicted octanol–water partition coefficient (Wildman–Crippen LogP) is 2.16. The first-order valence-corrected chi connectivity index (χ1v) is 5.97. The fourth-order valence-corrected chi connectivity index (χ4v) is 1.94. The molecule has 2 rings (SSSR count). The Morgan fingerprint density at radius 2 is 2.12 bits per heavy atom. The number of thiocarbonyl (C=S) groups is 1. The number of rotatable bonds is 1. The Morgan fingerprint density at radius 1 is 1.41 bits per heavy atom. The number of halogens is 1. The normalized spacial score (nSPS) is 15.8. The predicted molar refractivity (Wildman–Crippen MR) is 69.7 cm³/mol. The second-order valence-electron chi connectivity index (χ2n) is 3.99. The molecule has 0 aromatic heterocycles. The second-order valence-corrected chi connectivity index (χ2v) is 4.38. The van der Waals surface area contributed by atoms with Gasteiger partial charge in [-0.05, 0) is 36.8 Å². The first kappa shape index (κ1) is 12.3. The smallest absolute Gasteiger partial charge is 0.173 e. The summed E-state index contributed by atoms with van der Waals surface area (Å²) in [6.45, 7) is 4.66. The topological polar surface area (TPSA) is 24.5 Å². The van der Waals surface area contributed by atoms with Crippen LogP contribution >= 0.6 is 12.2 Å². The minimum absolute atomic E-state index is 0.222. The van der Waals surface area contributed by atoms with Crippen LogP contribution in [0.5, 0.6) is 0 Å². The number of nitrogens with one attached hydrogen (secondary N) is 1. The minimum atomic E-state index is -0.222. The average Bonchev–Trinajstić information content (AvgIpc) is 2.35. The van der Waals surface area contributed by atoms with E-state index in [9.17, 15) is 4.39 Å². The number of hydrogen-bond acceptors (Lipinski definition) is 2. The summed E-state index contributed by atoms with van der Waals surface area (Å²) in [5.41, 5.74) is 1.32. The van der Waals surface area contributed by atoms with Crippen LogP contribution in [-0.4, -0.2) is 36.3 Å². The van der Waals surface area contributed by atoms with Crippen LogP contribution in [0.1, 0.15) is 5.56 Å². The number of aryl methyl sites for hydroxylation is 1. The van der Waals surface area contributed by atoms with Crippen LogP contribution in [0.4, 0.5) is 10.1 Å². The van der Waals surface area contributed by atoms with E-state index in [4.69, 9.17) is 17.0 Å². The van der Waals surface area contributed by atoms with E-state index in [1.807, 2.05) is 11.0 Å². The first-order chi connectivity index (χ1) is 8.16. The molecule has 1 saturated heterocycles. The summed E-state index contributed by atoms with van der Waals surface area (Å²) >= 11 is 5.27. The highest BCUT2D eigenvalue weighted by molar-refractivity contribution is 7.80. The van der Waals surface area contributed by atoms with Crippen LogP contribution in [0.3, 0.4) is 0 Å². The third-order valence-electron chi connectivity index (χ3n) is 2.72. The van der Waals surface area contributed by atoms with Gasteiger partial charge < -0.3 is 15.0 Å². The summed E-state index contributed by atoms with van der Waals surface area (Å²) in [6.07, 6.45) is 0. The summed E-state index contributed by atoms with van der Waals surface area (Å²) in [5.74, 6) is -0.222. The van der Waals surface area contributed by atoms with Gasteiger partial charge in [0.2, 0.25) is 0 Å². The first-order valence-electron chi connectivity index (χ1n) is 5.56. The van der Waals surface area contributed by atoms with Crippen LogP contribution in [0.25, 0.3) is 0 Å². The van der Waals surface area contributed by atoms with Crippen LogP contribution in [0.2, 0.25) is 0 Å². The van der Waals surface area contributed by atoms with Gasteiger partial charge in [0.1, 0.15) is 5.82 Å². The van der Waals surface area contributed by atoms with Crippen LogP contribution in [0, 0.1) is 12.7 Å². The molecule has 1 aliphatic heterocycles. The summed E-state index contributed by atoms with van der Waals surface area (Å²) in [4.78, 5) is 2.02. The second kappa shape index (κ2) is 5.42. The molecule has 3 nitrogen and oxygen atoms in total. The van der Waals surface area contributed by atoms with Crippen molar-refractivity contribution in [2.24, 2.45) is 0 Å².